The normalized spacial score (nSPS) is 31.9. The second kappa shape index (κ2) is 11.3. The van der Waals surface area contributed by atoms with Crippen molar-refractivity contribution in [1.29, 1.82) is 0 Å². The fourth-order valence-electron chi connectivity index (χ4n) is 4.97. The van der Waals surface area contributed by atoms with Crippen LogP contribution in [0.1, 0.15) is 110 Å². The molecule has 0 aromatic carbocycles. The summed E-state index contributed by atoms with van der Waals surface area (Å²) in [6.07, 6.45) is 23.8. The monoisotopic (exact) mass is 320 g/mol. The van der Waals surface area contributed by atoms with Crippen molar-refractivity contribution in [2.75, 3.05) is 0 Å². The lowest BCUT2D eigenvalue weighted by Crippen LogP contribution is -2.16. The first-order valence-corrected chi connectivity index (χ1v) is 10.8. The van der Waals surface area contributed by atoms with Crippen molar-refractivity contribution in [2.45, 2.75) is 110 Å². The maximum absolute atomic E-state index is 10.8. The van der Waals surface area contributed by atoms with Crippen molar-refractivity contribution in [3.63, 3.8) is 0 Å². The zero-order chi connectivity index (χ0) is 16.3. The van der Waals surface area contributed by atoms with Gasteiger partial charge in [0.1, 0.15) is 6.29 Å². The van der Waals surface area contributed by atoms with Crippen LogP contribution in [-0.4, -0.2) is 6.29 Å². The molecule has 2 saturated carbocycles. The van der Waals surface area contributed by atoms with Gasteiger partial charge < -0.3 is 4.79 Å². The molecule has 134 valence electrons. The van der Waals surface area contributed by atoms with E-state index in [1.165, 1.54) is 96.2 Å². The maximum Gasteiger partial charge on any atom is 0.123 e. The van der Waals surface area contributed by atoms with Gasteiger partial charge in [0, 0.05) is 5.92 Å². The zero-order valence-electron chi connectivity index (χ0n) is 15.6. The van der Waals surface area contributed by atoms with Gasteiger partial charge >= 0.3 is 0 Å². The molecule has 23 heavy (non-hydrogen) atoms. The third-order valence-corrected chi connectivity index (χ3v) is 6.74. The molecule has 0 heterocycles. The van der Waals surface area contributed by atoms with Crippen molar-refractivity contribution in [2.24, 2.45) is 23.7 Å². The Kier molecular flexibility index (Phi) is 9.31. The van der Waals surface area contributed by atoms with Crippen LogP contribution in [0.4, 0.5) is 0 Å². The lowest BCUT2D eigenvalue weighted by molar-refractivity contribution is -0.112. The molecule has 0 unspecified atom stereocenters. The van der Waals surface area contributed by atoms with Crippen molar-refractivity contribution in [3.05, 3.63) is 0 Å². The molecule has 0 saturated heterocycles. The summed E-state index contributed by atoms with van der Waals surface area (Å²) < 4.78 is 0. The highest BCUT2D eigenvalue weighted by atomic mass is 16.1. The van der Waals surface area contributed by atoms with E-state index in [0.717, 1.165) is 30.6 Å². The van der Waals surface area contributed by atoms with E-state index < -0.39 is 0 Å². The molecule has 0 aliphatic heterocycles. The lowest BCUT2D eigenvalue weighted by atomic mass is 9.77. The van der Waals surface area contributed by atoms with E-state index in [0.29, 0.717) is 5.92 Å². The van der Waals surface area contributed by atoms with Gasteiger partial charge in [-0.05, 0) is 43.4 Å². The predicted molar refractivity (Wildman–Crippen MR) is 99.6 cm³/mol. The summed E-state index contributed by atoms with van der Waals surface area (Å²) in [6, 6.07) is 0. The summed E-state index contributed by atoms with van der Waals surface area (Å²) in [4.78, 5) is 10.8. The van der Waals surface area contributed by atoms with E-state index in [9.17, 15) is 4.79 Å². The third-order valence-electron chi connectivity index (χ3n) is 6.74. The second-order valence-corrected chi connectivity index (χ2v) is 8.58. The van der Waals surface area contributed by atoms with Gasteiger partial charge in [-0.3, -0.25) is 0 Å². The van der Waals surface area contributed by atoms with Crippen LogP contribution in [0.2, 0.25) is 0 Å². The smallest absolute Gasteiger partial charge is 0.123 e. The van der Waals surface area contributed by atoms with Gasteiger partial charge in [-0.15, -0.1) is 0 Å². The SMILES string of the molecule is CCCCCC1CCC(CCCCC2CCC(C=O)CC2)CC1. The Morgan fingerprint density at radius 2 is 1.04 bits per heavy atom. The van der Waals surface area contributed by atoms with E-state index in [4.69, 9.17) is 0 Å². The van der Waals surface area contributed by atoms with Gasteiger partial charge in [0.05, 0.1) is 0 Å². The molecule has 0 radical (unpaired) electrons. The lowest BCUT2D eigenvalue weighted by Gasteiger charge is -2.29. The van der Waals surface area contributed by atoms with Gasteiger partial charge in [-0.2, -0.15) is 0 Å². The quantitative estimate of drug-likeness (QED) is 0.315. The average molecular weight is 321 g/mol. The molecule has 2 fully saturated rings. The standard InChI is InChI=1S/C22H40O/c1-2-3-4-7-19-10-12-20(13-11-19)8-5-6-9-21-14-16-22(18-23)17-15-21/h18-22H,2-17H2,1H3. The van der Waals surface area contributed by atoms with Crippen LogP contribution < -0.4 is 0 Å². The largest absolute Gasteiger partial charge is 0.303 e. The Morgan fingerprint density at radius 3 is 1.43 bits per heavy atom. The van der Waals surface area contributed by atoms with Gasteiger partial charge in [-0.1, -0.05) is 84.0 Å². The maximum atomic E-state index is 10.8. The van der Waals surface area contributed by atoms with Gasteiger partial charge in [-0.25, -0.2) is 0 Å². The Balaban J connectivity index is 1.46. The summed E-state index contributed by atoms with van der Waals surface area (Å²) in [5.41, 5.74) is 0. The summed E-state index contributed by atoms with van der Waals surface area (Å²) >= 11 is 0. The number of hydrogen-bond acceptors (Lipinski definition) is 1. The number of aldehydes is 1. The van der Waals surface area contributed by atoms with Crippen LogP contribution in [0.15, 0.2) is 0 Å². The molecule has 2 rings (SSSR count). The number of unbranched alkanes of at least 4 members (excludes halogenated alkanes) is 3. The molecular weight excluding hydrogens is 280 g/mol. The Bertz CT molecular complexity index is 295. The summed E-state index contributed by atoms with van der Waals surface area (Å²) in [5.74, 6) is 3.42. The molecule has 0 atom stereocenters. The topological polar surface area (TPSA) is 17.1 Å². The third kappa shape index (κ3) is 7.40. The van der Waals surface area contributed by atoms with E-state index in [-0.39, 0.29) is 0 Å². The minimum absolute atomic E-state index is 0.388. The highest BCUT2D eigenvalue weighted by Crippen LogP contribution is 2.35. The van der Waals surface area contributed by atoms with E-state index in [1.54, 1.807) is 0 Å². The molecule has 2 aliphatic rings. The van der Waals surface area contributed by atoms with Crippen LogP contribution >= 0.6 is 0 Å². The van der Waals surface area contributed by atoms with Crippen molar-refractivity contribution < 1.29 is 4.79 Å². The minimum Gasteiger partial charge on any atom is -0.303 e. The van der Waals surface area contributed by atoms with Crippen LogP contribution in [0.25, 0.3) is 0 Å². The molecule has 0 aromatic rings. The molecule has 1 heteroatoms. The number of hydrogen-bond donors (Lipinski definition) is 0. The first kappa shape index (κ1) is 19.0. The highest BCUT2D eigenvalue weighted by Gasteiger charge is 2.22. The Labute approximate surface area is 145 Å². The second-order valence-electron chi connectivity index (χ2n) is 8.58. The van der Waals surface area contributed by atoms with Gasteiger partial charge in [0.2, 0.25) is 0 Å². The van der Waals surface area contributed by atoms with E-state index >= 15 is 0 Å². The first-order chi connectivity index (χ1) is 11.3. The van der Waals surface area contributed by atoms with Crippen LogP contribution in [0, 0.1) is 23.7 Å². The summed E-state index contributed by atoms with van der Waals surface area (Å²) in [7, 11) is 0. The molecule has 0 aromatic heterocycles. The Morgan fingerprint density at radius 1 is 0.652 bits per heavy atom. The molecule has 1 nitrogen and oxygen atoms in total. The number of rotatable bonds is 10. The molecule has 2 aliphatic carbocycles. The Hall–Kier alpha value is -0.330. The molecule has 0 amide bonds. The predicted octanol–water partition coefficient (Wildman–Crippen LogP) is 6.94. The number of carbonyl (C=O) groups is 1. The highest BCUT2D eigenvalue weighted by molar-refractivity contribution is 5.53. The molecule has 0 N–H and O–H groups in total. The number of carbonyl (C=O) groups excluding carboxylic acids is 1. The molecule has 0 spiro atoms. The van der Waals surface area contributed by atoms with Crippen molar-refractivity contribution in [1.82, 2.24) is 0 Å². The first-order valence-electron chi connectivity index (χ1n) is 10.8. The fraction of sp³-hybridized carbons (Fsp3) is 0.955. The van der Waals surface area contributed by atoms with Gasteiger partial charge in [0.25, 0.3) is 0 Å². The fourth-order valence-corrected chi connectivity index (χ4v) is 4.97. The average Bonchev–Trinajstić information content (AvgIpc) is 2.61. The van der Waals surface area contributed by atoms with Crippen molar-refractivity contribution in [3.8, 4) is 0 Å². The summed E-state index contributed by atoms with van der Waals surface area (Å²) in [5, 5.41) is 0. The van der Waals surface area contributed by atoms with Crippen LogP contribution in [-0.2, 0) is 4.79 Å². The molecule has 0 bridgehead atoms. The summed E-state index contributed by atoms with van der Waals surface area (Å²) in [6.45, 7) is 2.31. The molecular formula is C22H40O. The van der Waals surface area contributed by atoms with Crippen LogP contribution in [0.5, 0.6) is 0 Å². The van der Waals surface area contributed by atoms with Crippen LogP contribution in [0.3, 0.4) is 0 Å². The van der Waals surface area contributed by atoms with E-state index in [2.05, 4.69) is 6.92 Å². The van der Waals surface area contributed by atoms with Gasteiger partial charge in [0.15, 0.2) is 0 Å². The van der Waals surface area contributed by atoms with Crippen molar-refractivity contribution >= 4 is 6.29 Å². The zero-order valence-corrected chi connectivity index (χ0v) is 15.6. The minimum atomic E-state index is 0.388. The van der Waals surface area contributed by atoms with E-state index in [1.807, 2.05) is 0 Å².